The summed E-state index contributed by atoms with van der Waals surface area (Å²) in [5, 5.41) is 13.4. The third kappa shape index (κ3) is 2.54. The van der Waals surface area contributed by atoms with E-state index in [0.29, 0.717) is 23.4 Å². The molecule has 0 spiro atoms. The number of nitrogens with zero attached hydrogens (tertiary/aromatic N) is 3. The zero-order valence-electron chi connectivity index (χ0n) is 13.7. The Bertz CT molecular complexity index is 803. The summed E-state index contributed by atoms with van der Waals surface area (Å²) < 4.78 is 0.874. The maximum absolute atomic E-state index is 12.8. The lowest BCUT2D eigenvalue weighted by Gasteiger charge is -2.42. The molecule has 1 aromatic carbocycles. The second-order valence-corrected chi connectivity index (χ2v) is 7.02. The molecule has 1 aliphatic carbocycles. The Morgan fingerprint density at radius 2 is 2.04 bits per heavy atom. The molecule has 124 valence electrons. The molecule has 0 saturated heterocycles. The first kappa shape index (κ1) is 16.7. The van der Waals surface area contributed by atoms with Crippen molar-refractivity contribution in [3.8, 4) is 6.07 Å². The van der Waals surface area contributed by atoms with E-state index in [1.54, 1.807) is 5.01 Å². The van der Waals surface area contributed by atoms with Crippen LogP contribution in [-0.4, -0.2) is 29.9 Å². The van der Waals surface area contributed by atoms with Gasteiger partial charge in [-0.2, -0.15) is 5.26 Å². The molecule has 0 amide bonds. The number of benzene rings is 1. The number of carbonyl (C=O) groups is 1. The minimum atomic E-state index is -0.412. The Balaban J connectivity index is 2.30. The van der Waals surface area contributed by atoms with Gasteiger partial charge in [-0.3, -0.25) is 9.80 Å². The van der Waals surface area contributed by atoms with E-state index < -0.39 is 5.92 Å². The van der Waals surface area contributed by atoms with Crippen molar-refractivity contribution in [1.82, 2.24) is 10.0 Å². The lowest BCUT2D eigenvalue weighted by molar-refractivity contribution is -0.116. The van der Waals surface area contributed by atoms with Gasteiger partial charge < -0.3 is 5.73 Å². The average Bonchev–Trinajstić information content (AvgIpc) is 2.54. The van der Waals surface area contributed by atoms with E-state index in [4.69, 9.17) is 5.73 Å². The van der Waals surface area contributed by atoms with Crippen LogP contribution in [0.15, 0.2) is 51.4 Å². The van der Waals surface area contributed by atoms with Gasteiger partial charge in [0.25, 0.3) is 0 Å². The van der Waals surface area contributed by atoms with Crippen LogP contribution >= 0.6 is 15.9 Å². The molecular weight excluding hydrogens is 368 g/mol. The normalized spacial score (nSPS) is 21.2. The standard InChI is InChI=1S/C18H19BrN4O/c1-22(2)23-14-8-5-9-15(24)17(14)16(12(10-20)18(23)21)11-6-3-4-7-13(11)19/h3-4,6-7,16H,5,8-9,21H2,1-2H3. The lowest BCUT2D eigenvalue weighted by Crippen LogP contribution is -2.45. The summed E-state index contributed by atoms with van der Waals surface area (Å²) in [7, 11) is 3.73. The molecule has 2 aliphatic rings. The van der Waals surface area contributed by atoms with Crippen molar-refractivity contribution in [2.45, 2.75) is 25.2 Å². The fourth-order valence-corrected chi connectivity index (χ4v) is 4.06. The number of carbonyl (C=O) groups excluding carboxylic acids is 1. The van der Waals surface area contributed by atoms with Crippen LogP contribution in [0.4, 0.5) is 0 Å². The molecule has 1 aliphatic heterocycles. The predicted molar refractivity (Wildman–Crippen MR) is 95.1 cm³/mol. The van der Waals surface area contributed by atoms with Crippen LogP contribution in [0.5, 0.6) is 0 Å². The summed E-state index contributed by atoms with van der Waals surface area (Å²) in [5.74, 6) is 0.0883. The van der Waals surface area contributed by atoms with Crippen molar-refractivity contribution >= 4 is 21.7 Å². The minimum Gasteiger partial charge on any atom is -0.383 e. The van der Waals surface area contributed by atoms with E-state index in [-0.39, 0.29) is 5.78 Å². The molecule has 2 N–H and O–H groups in total. The third-order valence-electron chi connectivity index (χ3n) is 4.50. The number of hydrogen-bond acceptors (Lipinski definition) is 5. The van der Waals surface area contributed by atoms with Crippen LogP contribution in [0.3, 0.4) is 0 Å². The first-order valence-electron chi connectivity index (χ1n) is 7.85. The topological polar surface area (TPSA) is 73.4 Å². The SMILES string of the molecule is CN(C)N1C(N)=C(C#N)C(c2ccccc2Br)C2=C1CCCC2=O. The maximum Gasteiger partial charge on any atom is 0.161 e. The van der Waals surface area contributed by atoms with Crippen molar-refractivity contribution in [1.29, 1.82) is 5.26 Å². The van der Waals surface area contributed by atoms with Crippen molar-refractivity contribution in [3.63, 3.8) is 0 Å². The van der Waals surface area contributed by atoms with Crippen LogP contribution < -0.4 is 5.73 Å². The molecule has 0 aromatic heterocycles. The van der Waals surface area contributed by atoms with E-state index in [0.717, 1.165) is 28.6 Å². The molecule has 1 unspecified atom stereocenters. The average molecular weight is 387 g/mol. The van der Waals surface area contributed by atoms with Gasteiger partial charge in [-0.25, -0.2) is 5.01 Å². The van der Waals surface area contributed by atoms with Crippen LogP contribution in [0, 0.1) is 11.3 Å². The molecule has 0 saturated carbocycles. The first-order chi connectivity index (χ1) is 11.5. The molecule has 5 nitrogen and oxygen atoms in total. The third-order valence-corrected chi connectivity index (χ3v) is 5.22. The predicted octanol–water partition coefficient (Wildman–Crippen LogP) is 3.03. The Morgan fingerprint density at radius 3 is 2.67 bits per heavy atom. The Kier molecular flexibility index (Phi) is 4.48. The molecule has 0 bridgehead atoms. The second kappa shape index (κ2) is 6.42. The highest BCUT2D eigenvalue weighted by Gasteiger charge is 2.41. The second-order valence-electron chi connectivity index (χ2n) is 6.16. The number of rotatable bonds is 2. The number of hydrogen-bond donors (Lipinski definition) is 1. The summed E-state index contributed by atoms with van der Waals surface area (Å²) >= 11 is 3.56. The van der Waals surface area contributed by atoms with Crippen molar-refractivity contribution in [2.75, 3.05) is 14.1 Å². The van der Waals surface area contributed by atoms with Gasteiger partial charge in [-0.1, -0.05) is 34.1 Å². The van der Waals surface area contributed by atoms with Crippen LogP contribution in [0.2, 0.25) is 0 Å². The van der Waals surface area contributed by atoms with Crippen molar-refractivity contribution < 1.29 is 4.79 Å². The monoisotopic (exact) mass is 386 g/mol. The van der Waals surface area contributed by atoms with Gasteiger partial charge in [0, 0.05) is 36.3 Å². The van der Waals surface area contributed by atoms with Gasteiger partial charge in [0.05, 0.1) is 17.6 Å². The molecular formula is C18H19BrN4O. The van der Waals surface area contributed by atoms with E-state index in [1.807, 2.05) is 43.4 Å². The summed E-state index contributed by atoms with van der Waals surface area (Å²) in [6.45, 7) is 0. The summed E-state index contributed by atoms with van der Waals surface area (Å²) in [6.07, 6.45) is 2.10. The minimum absolute atomic E-state index is 0.101. The van der Waals surface area contributed by atoms with E-state index in [1.165, 1.54) is 0 Å². The highest BCUT2D eigenvalue weighted by molar-refractivity contribution is 9.10. The number of hydrazine groups is 1. The van der Waals surface area contributed by atoms with Gasteiger partial charge in [0.15, 0.2) is 5.78 Å². The fourth-order valence-electron chi connectivity index (χ4n) is 3.54. The van der Waals surface area contributed by atoms with Gasteiger partial charge in [-0.15, -0.1) is 0 Å². The summed E-state index contributed by atoms with van der Waals surface area (Å²) in [6, 6.07) is 9.94. The number of halogens is 1. The van der Waals surface area contributed by atoms with Crippen molar-refractivity contribution in [2.24, 2.45) is 5.73 Å². The quantitative estimate of drug-likeness (QED) is 0.845. The van der Waals surface area contributed by atoms with Gasteiger partial charge in [-0.05, 0) is 24.5 Å². The molecule has 6 heteroatoms. The fraction of sp³-hybridized carbons (Fsp3) is 0.333. The molecule has 3 rings (SSSR count). The van der Waals surface area contributed by atoms with E-state index >= 15 is 0 Å². The number of ketones is 1. The van der Waals surface area contributed by atoms with Gasteiger partial charge in [0.2, 0.25) is 0 Å². The zero-order chi connectivity index (χ0) is 17.4. The molecule has 1 atom stereocenters. The highest BCUT2D eigenvalue weighted by Crippen LogP contribution is 2.46. The zero-order valence-corrected chi connectivity index (χ0v) is 15.3. The summed E-state index contributed by atoms with van der Waals surface area (Å²) in [5.41, 5.74) is 9.28. The number of nitriles is 1. The Morgan fingerprint density at radius 1 is 1.33 bits per heavy atom. The van der Waals surface area contributed by atoms with E-state index in [2.05, 4.69) is 22.0 Å². The Hall–Kier alpha value is -2.10. The Labute approximate surface area is 150 Å². The van der Waals surface area contributed by atoms with Crippen LogP contribution in [0.1, 0.15) is 30.7 Å². The number of Topliss-reactive ketones (excluding diaryl/α,β-unsaturated/α-hetero) is 1. The number of allylic oxidation sites excluding steroid dienone is 3. The van der Waals surface area contributed by atoms with Gasteiger partial charge in [0.1, 0.15) is 5.82 Å². The van der Waals surface area contributed by atoms with Crippen LogP contribution in [0.25, 0.3) is 0 Å². The van der Waals surface area contributed by atoms with Crippen molar-refractivity contribution in [3.05, 3.63) is 57.0 Å². The first-order valence-corrected chi connectivity index (χ1v) is 8.64. The van der Waals surface area contributed by atoms with Gasteiger partial charge >= 0.3 is 0 Å². The maximum atomic E-state index is 12.8. The lowest BCUT2D eigenvalue weighted by atomic mass is 9.76. The molecule has 1 aromatic rings. The molecule has 0 fully saturated rings. The molecule has 24 heavy (non-hydrogen) atoms. The highest BCUT2D eigenvalue weighted by atomic mass is 79.9. The summed E-state index contributed by atoms with van der Waals surface area (Å²) in [4.78, 5) is 12.8. The smallest absolute Gasteiger partial charge is 0.161 e. The molecule has 1 heterocycles. The largest absolute Gasteiger partial charge is 0.383 e. The molecule has 0 radical (unpaired) electrons. The van der Waals surface area contributed by atoms with Crippen LogP contribution in [-0.2, 0) is 4.79 Å². The van der Waals surface area contributed by atoms with E-state index in [9.17, 15) is 10.1 Å². The number of nitrogens with two attached hydrogens (primary N) is 1.